The molecule has 0 aromatic heterocycles. The van der Waals surface area contributed by atoms with Gasteiger partial charge in [-0.05, 0) is 36.6 Å². The maximum atomic E-state index is 11.3. The van der Waals surface area contributed by atoms with Crippen LogP contribution in [0, 0.1) is 0 Å². The lowest BCUT2D eigenvalue weighted by molar-refractivity contribution is -0.113. The Morgan fingerprint density at radius 3 is 3.06 bits per heavy atom. The van der Waals surface area contributed by atoms with Crippen molar-refractivity contribution in [2.75, 3.05) is 17.6 Å². The number of nitrogens with one attached hydrogen (secondary N) is 1. The van der Waals surface area contributed by atoms with Gasteiger partial charge in [0, 0.05) is 4.90 Å². The number of anilines is 1. The van der Waals surface area contributed by atoms with Gasteiger partial charge in [-0.2, -0.15) is 0 Å². The molecule has 1 aromatic carbocycles. The molecule has 1 aliphatic heterocycles. The molecule has 3 nitrogen and oxygen atoms in total. The van der Waals surface area contributed by atoms with Crippen LogP contribution in [0.1, 0.15) is 24.8 Å². The molecule has 0 saturated carbocycles. The number of hydrogen-bond acceptors (Lipinski definition) is 3. The molecule has 1 atom stereocenters. The molecule has 0 aliphatic carbocycles. The minimum atomic E-state index is 0.0791. The minimum Gasteiger partial charge on any atom is -0.330 e. The summed E-state index contributed by atoms with van der Waals surface area (Å²) in [5, 5.41) is 2.90. The zero-order chi connectivity index (χ0) is 11.5. The molecule has 0 radical (unpaired) electrons. The highest BCUT2D eigenvalue weighted by Crippen LogP contribution is 2.34. The summed E-state index contributed by atoms with van der Waals surface area (Å²) in [6.45, 7) is 2.78. The molecule has 4 heteroatoms. The van der Waals surface area contributed by atoms with Crippen molar-refractivity contribution in [1.82, 2.24) is 0 Å². The number of hydrogen-bond donors (Lipinski definition) is 2. The SMILES string of the molecule is CCC(CN)c1ccc2c(c1)NC(=O)CS2. The highest BCUT2D eigenvalue weighted by atomic mass is 32.2. The topological polar surface area (TPSA) is 55.1 Å². The van der Waals surface area contributed by atoms with Gasteiger partial charge in [-0.1, -0.05) is 13.0 Å². The van der Waals surface area contributed by atoms with Crippen LogP contribution in [0.2, 0.25) is 0 Å². The van der Waals surface area contributed by atoms with E-state index in [-0.39, 0.29) is 5.91 Å². The van der Waals surface area contributed by atoms with E-state index < -0.39 is 0 Å². The van der Waals surface area contributed by atoms with Crippen molar-refractivity contribution in [2.24, 2.45) is 5.73 Å². The quantitative estimate of drug-likeness (QED) is 0.845. The number of nitrogens with two attached hydrogens (primary N) is 1. The van der Waals surface area contributed by atoms with Crippen molar-refractivity contribution < 1.29 is 4.79 Å². The van der Waals surface area contributed by atoms with Crippen molar-refractivity contribution in [3.05, 3.63) is 23.8 Å². The minimum absolute atomic E-state index is 0.0791. The smallest absolute Gasteiger partial charge is 0.234 e. The Kier molecular flexibility index (Phi) is 3.51. The van der Waals surface area contributed by atoms with Gasteiger partial charge < -0.3 is 11.1 Å². The van der Waals surface area contributed by atoms with E-state index in [9.17, 15) is 4.79 Å². The zero-order valence-corrected chi connectivity index (χ0v) is 10.1. The molecule has 86 valence electrons. The number of carbonyl (C=O) groups is 1. The molecule has 1 amide bonds. The van der Waals surface area contributed by atoms with E-state index in [2.05, 4.69) is 30.4 Å². The first-order valence-electron chi connectivity index (χ1n) is 5.51. The van der Waals surface area contributed by atoms with E-state index in [4.69, 9.17) is 5.73 Å². The molecular weight excluding hydrogens is 220 g/mol. The normalized spacial score (nSPS) is 16.5. The van der Waals surface area contributed by atoms with Gasteiger partial charge >= 0.3 is 0 Å². The molecular formula is C12H16N2OS. The van der Waals surface area contributed by atoms with Crippen LogP contribution in [0.4, 0.5) is 5.69 Å². The Morgan fingerprint density at radius 2 is 2.38 bits per heavy atom. The molecule has 0 bridgehead atoms. The molecule has 2 rings (SSSR count). The van der Waals surface area contributed by atoms with E-state index >= 15 is 0 Å². The maximum Gasteiger partial charge on any atom is 0.234 e. The largest absolute Gasteiger partial charge is 0.330 e. The van der Waals surface area contributed by atoms with Crippen molar-refractivity contribution in [3.63, 3.8) is 0 Å². The van der Waals surface area contributed by atoms with E-state index in [1.54, 1.807) is 11.8 Å². The molecule has 0 spiro atoms. The zero-order valence-electron chi connectivity index (χ0n) is 9.32. The third-order valence-corrected chi connectivity index (χ3v) is 3.96. The van der Waals surface area contributed by atoms with Gasteiger partial charge in [-0.15, -0.1) is 11.8 Å². The van der Waals surface area contributed by atoms with Gasteiger partial charge in [0.25, 0.3) is 0 Å². The summed E-state index contributed by atoms with van der Waals surface area (Å²) in [7, 11) is 0. The Balaban J connectivity index is 2.30. The molecule has 0 fully saturated rings. The van der Waals surface area contributed by atoms with Crippen LogP contribution in [0.25, 0.3) is 0 Å². The molecule has 1 aliphatic rings. The van der Waals surface area contributed by atoms with Crippen LogP contribution < -0.4 is 11.1 Å². The van der Waals surface area contributed by atoms with Crippen molar-refractivity contribution >= 4 is 23.4 Å². The van der Waals surface area contributed by atoms with Gasteiger partial charge in [0.1, 0.15) is 0 Å². The lowest BCUT2D eigenvalue weighted by atomic mass is 9.96. The van der Waals surface area contributed by atoms with Crippen LogP contribution in [-0.4, -0.2) is 18.2 Å². The molecule has 1 unspecified atom stereocenters. The van der Waals surface area contributed by atoms with Gasteiger partial charge in [0.05, 0.1) is 11.4 Å². The third kappa shape index (κ3) is 2.23. The standard InChI is InChI=1S/C12H16N2OS/c1-2-8(6-13)9-3-4-11-10(5-9)14-12(15)7-16-11/h3-5,8H,2,6-7,13H2,1H3,(H,14,15). The Bertz CT molecular complexity index is 402. The average Bonchev–Trinajstić information content (AvgIpc) is 2.30. The summed E-state index contributed by atoms with van der Waals surface area (Å²) >= 11 is 1.59. The fraction of sp³-hybridized carbons (Fsp3) is 0.417. The summed E-state index contributed by atoms with van der Waals surface area (Å²) in [4.78, 5) is 12.4. The van der Waals surface area contributed by atoms with E-state index in [1.165, 1.54) is 5.56 Å². The number of amides is 1. The van der Waals surface area contributed by atoms with Crippen molar-refractivity contribution in [1.29, 1.82) is 0 Å². The number of fused-ring (bicyclic) bond motifs is 1. The summed E-state index contributed by atoms with van der Waals surface area (Å²) < 4.78 is 0. The number of thioether (sulfide) groups is 1. The molecule has 1 aromatic rings. The Labute approximate surface area is 99.8 Å². The predicted molar refractivity (Wildman–Crippen MR) is 67.9 cm³/mol. The molecule has 0 saturated heterocycles. The molecule has 1 heterocycles. The second-order valence-corrected chi connectivity index (χ2v) is 4.95. The predicted octanol–water partition coefficient (Wildman–Crippen LogP) is 2.18. The third-order valence-electron chi connectivity index (χ3n) is 2.89. The summed E-state index contributed by atoms with van der Waals surface area (Å²) in [6.07, 6.45) is 1.02. The second kappa shape index (κ2) is 4.89. The van der Waals surface area contributed by atoms with E-state index in [1.807, 2.05) is 0 Å². The van der Waals surface area contributed by atoms with Crippen LogP contribution >= 0.6 is 11.8 Å². The van der Waals surface area contributed by atoms with E-state index in [0.29, 0.717) is 18.2 Å². The summed E-state index contributed by atoms with van der Waals surface area (Å²) in [5.41, 5.74) is 7.88. The molecule has 16 heavy (non-hydrogen) atoms. The highest BCUT2D eigenvalue weighted by Gasteiger charge is 2.17. The van der Waals surface area contributed by atoms with E-state index in [0.717, 1.165) is 17.0 Å². The van der Waals surface area contributed by atoms with Crippen molar-refractivity contribution in [2.45, 2.75) is 24.2 Å². The number of carbonyl (C=O) groups excluding carboxylic acids is 1. The van der Waals surface area contributed by atoms with Crippen LogP contribution in [0.5, 0.6) is 0 Å². The first kappa shape index (κ1) is 11.5. The first-order chi connectivity index (χ1) is 7.74. The average molecular weight is 236 g/mol. The van der Waals surface area contributed by atoms with Gasteiger partial charge in [-0.3, -0.25) is 4.79 Å². The fourth-order valence-corrected chi connectivity index (χ4v) is 2.68. The van der Waals surface area contributed by atoms with Crippen LogP contribution in [-0.2, 0) is 4.79 Å². The maximum absolute atomic E-state index is 11.3. The van der Waals surface area contributed by atoms with Gasteiger partial charge in [0.15, 0.2) is 0 Å². The number of benzene rings is 1. The number of rotatable bonds is 3. The Morgan fingerprint density at radius 1 is 1.56 bits per heavy atom. The first-order valence-corrected chi connectivity index (χ1v) is 6.49. The highest BCUT2D eigenvalue weighted by molar-refractivity contribution is 8.00. The van der Waals surface area contributed by atoms with Gasteiger partial charge in [-0.25, -0.2) is 0 Å². The lowest BCUT2D eigenvalue weighted by Gasteiger charge is -2.19. The monoisotopic (exact) mass is 236 g/mol. The van der Waals surface area contributed by atoms with Gasteiger partial charge in [0.2, 0.25) is 5.91 Å². The Hall–Kier alpha value is -1.000. The fourth-order valence-electron chi connectivity index (χ4n) is 1.89. The van der Waals surface area contributed by atoms with Crippen molar-refractivity contribution in [3.8, 4) is 0 Å². The van der Waals surface area contributed by atoms with Crippen LogP contribution in [0.15, 0.2) is 23.1 Å². The lowest BCUT2D eigenvalue weighted by Crippen LogP contribution is -2.19. The second-order valence-electron chi connectivity index (χ2n) is 3.93. The van der Waals surface area contributed by atoms with Crippen LogP contribution in [0.3, 0.4) is 0 Å². The molecule has 3 N–H and O–H groups in total. The summed E-state index contributed by atoms with van der Waals surface area (Å²) in [5.74, 6) is 0.977. The summed E-state index contributed by atoms with van der Waals surface area (Å²) in [6, 6.07) is 6.25.